The molecule has 0 unspecified atom stereocenters. The molecule has 2 rings (SSSR count). The average molecular weight is 280 g/mol. The van der Waals surface area contributed by atoms with Gasteiger partial charge in [0.25, 0.3) is 0 Å². The summed E-state index contributed by atoms with van der Waals surface area (Å²) in [5.74, 6) is -0.625. The second kappa shape index (κ2) is 7.66. The van der Waals surface area contributed by atoms with Crippen molar-refractivity contribution in [1.82, 2.24) is 20.9 Å². The summed E-state index contributed by atoms with van der Waals surface area (Å²) in [6, 6.07) is 3.47. The molecular weight excluding hydrogens is 260 g/mol. The maximum absolute atomic E-state index is 11.6. The van der Waals surface area contributed by atoms with E-state index in [1.54, 1.807) is 12.1 Å². The Bertz CT molecular complexity index is 427. The molecule has 0 spiro atoms. The Labute approximate surface area is 117 Å². The molecule has 1 aliphatic heterocycles. The third-order valence-corrected chi connectivity index (χ3v) is 3.13. The quantitative estimate of drug-likeness (QED) is 0.597. The third kappa shape index (κ3) is 4.67. The number of furan rings is 1. The first kappa shape index (κ1) is 14.5. The first-order chi connectivity index (χ1) is 9.75. The van der Waals surface area contributed by atoms with E-state index in [9.17, 15) is 9.59 Å². The van der Waals surface area contributed by atoms with Gasteiger partial charge in [-0.15, -0.1) is 0 Å². The molecule has 0 saturated carbocycles. The first-order valence-corrected chi connectivity index (χ1v) is 6.77. The number of nitrogens with zero attached hydrogens (tertiary/aromatic N) is 1. The van der Waals surface area contributed by atoms with Crippen molar-refractivity contribution in [3.05, 3.63) is 24.2 Å². The maximum Gasteiger partial charge on any atom is 0.309 e. The van der Waals surface area contributed by atoms with Crippen LogP contribution in [-0.2, 0) is 16.1 Å². The lowest BCUT2D eigenvalue weighted by molar-refractivity contribution is -0.139. The minimum Gasteiger partial charge on any atom is -0.467 e. The topological polar surface area (TPSA) is 86.6 Å². The molecule has 2 heterocycles. The average Bonchev–Trinajstić information content (AvgIpc) is 2.99. The molecule has 110 valence electrons. The van der Waals surface area contributed by atoms with Gasteiger partial charge in [-0.25, -0.2) is 0 Å². The predicted molar refractivity (Wildman–Crippen MR) is 72.9 cm³/mol. The number of hydrogen-bond donors (Lipinski definition) is 3. The van der Waals surface area contributed by atoms with Gasteiger partial charge in [0, 0.05) is 39.3 Å². The molecule has 2 amide bonds. The molecule has 0 aromatic carbocycles. The van der Waals surface area contributed by atoms with E-state index in [2.05, 4.69) is 20.9 Å². The molecule has 0 atom stereocenters. The van der Waals surface area contributed by atoms with Crippen LogP contribution >= 0.6 is 0 Å². The highest BCUT2D eigenvalue weighted by atomic mass is 16.3. The van der Waals surface area contributed by atoms with E-state index in [0.717, 1.165) is 32.7 Å². The summed E-state index contributed by atoms with van der Waals surface area (Å²) in [5, 5.41) is 8.38. The molecule has 7 heteroatoms. The van der Waals surface area contributed by atoms with Crippen LogP contribution in [0.3, 0.4) is 0 Å². The van der Waals surface area contributed by atoms with Gasteiger partial charge in [-0.3, -0.25) is 14.5 Å². The maximum atomic E-state index is 11.6. The summed E-state index contributed by atoms with van der Waals surface area (Å²) in [7, 11) is 0. The summed E-state index contributed by atoms with van der Waals surface area (Å²) in [6.07, 6.45) is 1.52. The van der Waals surface area contributed by atoms with Gasteiger partial charge >= 0.3 is 11.8 Å². The van der Waals surface area contributed by atoms with Crippen LogP contribution < -0.4 is 16.0 Å². The number of hydrogen-bond acceptors (Lipinski definition) is 5. The number of nitrogens with one attached hydrogen (secondary N) is 3. The summed E-state index contributed by atoms with van der Waals surface area (Å²) < 4.78 is 5.07. The molecular formula is C13H20N4O3. The Morgan fingerprint density at radius 1 is 1.25 bits per heavy atom. The summed E-state index contributed by atoms with van der Waals surface area (Å²) in [6.45, 7) is 5.35. The largest absolute Gasteiger partial charge is 0.467 e. The van der Waals surface area contributed by atoms with Crippen molar-refractivity contribution in [2.75, 3.05) is 39.3 Å². The van der Waals surface area contributed by atoms with Crippen molar-refractivity contribution in [2.24, 2.45) is 0 Å². The Kier molecular flexibility index (Phi) is 5.57. The zero-order valence-electron chi connectivity index (χ0n) is 11.4. The molecule has 1 aliphatic rings. The van der Waals surface area contributed by atoms with Crippen LogP contribution in [0.1, 0.15) is 5.76 Å². The van der Waals surface area contributed by atoms with Crippen molar-refractivity contribution >= 4 is 11.8 Å². The molecule has 3 N–H and O–H groups in total. The van der Waals surface area contributed by atoms with Gasteiger partial charge in [0.1, 0.15) is 5.76 Å². The van der Waals surface area contributed by atoms with Crippen molar-refractivity contribution in [3.63, 3.8) is 0 Å². The second-order valence-corrected chi connectivity index (χ2v) is 4.61. The van der Waals surface area contributed by atoms with Crippen molar-refractivity contribution in [3.8, 4) is 0 Å². The van der Waals surface area contributed by atoms with Gasteiger partial charge in [0.15, 0.2) is 0 Å². The van der Waals surface area contributed by atoms with Crippen molar-refractivity contribution in [1.29, 1.82) is 0 Å². The summed E-state index contributed by atoms with van der Waals surface area (Å²) in [5.41, 5.74) is 0. The Hall–Kier alpha value is -1.86. The van der Waals surface area contributed by atoms with Crippen molar-refractivity contribution in [2.45, 2.75) is 6.54 Å². The lowest BCUT2D eigenvalue weighted by Crippen LogP contribution is -2.47. The minimum absolute atomic E-state index is 0.219. The smallest absolute Gasteiger partial charge is 0.309 e. The number of amides is 2. The Morgan fingerprint density at radius 2 is 2.00 bits per heavy atom. The van der Waals surface area contributed by atoms with Crippen LogP contribution in [0.15, 0.2) is 22.8 Å². The van der Waals surface area contributed by atoms with Crippen LogP contribution in [0.2, 0.25) is 0 Å². The molecule has 1 saturated heterocycles. The fourth-order valence-corrected chi connectivity index (χ4v) is 2.00. The van der Waals surface area contributed by atoms with Gasteiger partial charge in [0.2, 0.25) is 0 Å². The van der Waals surface area contributed by atoms with Crippen LogP contribution in [0.4, 0.5) is 0 Å². The zero-order valence-corrected chi connectivity index (χ0v) is 11.4. The third-order valence-electron chi connectivity index (χ3n) is 3.13. The standard InChI is InChI=1S/C13H20N4O3/c18-12(13(19)16-10-11-2-1-9-20-11)15-5-8-17-6-3-14-4-7-17/h1-2,9,14H,3-8,10H2,(H,15,18)(H,16,19). The van der Waals surface area contributed by atoms with Crippen LogP contribution in [0.5, 0.6) is 0 Å². The van der Waals surface area contributed by atoms with Gasteiger partial charge in [-0.1, -0.05) is 0 Å². The van der Waals surface area contributed by atoms with Gasteiger partial charge < -0.3 is 20.4 Å². The van der Waals surface area contributed by atoms with E-state index in [1.165, 1.54) is 6.26 Å². The van der Waals surface area contributed by atoms with Crippen LogP contribution in [0.25, 0.3) is 0 Å². The lowest BCUT2D eigenvalue weighted by Gasteiger charge is -2.26. The molecule has 1 fully saturated rings. The zero-order chi connectivity index (χ0) is 14.2. The second-order valence-electron chi connectivity index (χ2n) is 4.61. The van der Waals surface area contributed by atoms with E-state index in [4.69, 9.17) is 4.42 Å². The van der Waals surface area contributed by atoms with Gasteiger partial charge in [-0.2, -0.15) is 0 Å². The highest BCUT2D eigenvalue weighted by Gasteiger charge is 2.14. The highest BCUT2D eigenvalue weighted by Crippen LogP contribution is 1.98. The Morgan fingerprint density at radius 3 is 2.70 bits per heavy atom. The van der Waals surface area contributed by atoms with E-state index in [0.29, 0.717) is 12.3 Å². The number of rotatable bonds is 5. The minimum atomic E-state index is -0.637. The highest BCUT2D eigenvalue weighted by molar-refractivity contribution is 6.35. The molecule has 1 aromatic rings. The van der Waals surface area contributed by atoms with Gasteiger partial charge in [0.05, 0.1) is 12.8 Å². The lowest BCUT2D eigenvalue weighted by atomic mass is 10.3. The van der Waals surface area contributed by atoms with E-state index < -0.39 is 11.8 Å². The molecule has 20 heavy (non-hydrogen) atoms. The molecule has 7 nitrogen and oxygen atoms in total. The summed E-state index contributed by atoms with van der Waals surface area (Å²) >= 11 is 0. The number of piperazine rings is 1. The van der Waals surface area contributed by atoms with Crippen LogP contribution in [0, 0.1) is 0 Å². The molecule has 1 aromatic heterocycles. The molecule has 0 bridgehead atoms. The predicted octanol–water partition coefficient (Wildman–Crippen LogP) is -1.08. The van der Waals surface area contributed by atoms with Crippen LogP contribution in [-0.4, -0.2) is 56.0 Å². The molecule has 0 radical (unpaired) electrons. The number of carbonyl (C=O) groups excluding carboxylic acids is 2. The summed E-state index contributed by atoms with van der Waals surface area (Å²) in [4.78, 5) is 25.3. The van der Waals surface area contributed by atoms with Gasteiger partial charge in [-0.05, 0) is 12.1 Å². The fraction of sp³-hybridized carbons (Fsp3) is 0.538. The molecule has 0 aliphatic carbocycles. The van der Waals surface area contributed by atoms with Crippen molar-refractivity contribution < 1.29 is 14.0 Å². The fourth-order valence-electron chi connectivity index (χ4n) is 2.00. The van der Waals surface area contributed by atoms with E-state index in [1.807, 2.05) is 0 Å². The number of carbonyl (C=O) groups is 2. The monoisotopic (exact) mass is 280 g/mol. The SMILES string of the molecule is O=C(NCCN1CCNCC1)C(=O)NCc1ccco1. The normalized spacial score (nSPS) is 15.8. The Balaban J connectivity index is 1.59. The first-order valence-electron chi connectivity index (χ1n) is 6.77. The van der Waals surface area contributed by atoms with E-state index >= 15 is 0 Å². The van der Waals surface area contributed by atoms with E-state index in [-0.39, 0.29) is 6.54 Å².